The van der Waals surface area contributed by atoms with E-state index < -0.39 is 6.04 Å². The maximum absolute atomic E-state index is 12.1. The van der Waals surface area contributed by atoms with Crippen LogP contribution < -0.4 is 16.0 Å². The van der Waals surface area contributed by atoms with Crippen molar-refractivity contribution < 1.29 is 9.59 Å². The number of amides is 2. The zero-order valence-electron chi connectivity index (χ0n) is 12.4. The molecule has 5 nitrogen and oxygen atoms in total. The maximum atomic E-state index is 12.1. The minimum atomic E-state index is -0.511. The highest BCUT2D eigenvalue weighted by Crippen LogP contribution is 2.10. The maximum Gasteiger partial charge on any atom is 0.242 e. The third kappa shape index (κ3) is 4.86. The van der Waals surface area contributed by atoms with Crippen molar-refractivity contribution in [2.75, 3.05) is 13.1 Å². The lowest BCUT2D eigenvalue weighted by molar-refractivity contribution is -0.131. The Balaban J connectivity index is 1.75. The molecule has 2 unspecified atom stereocenters. The van der Waals surface area contributed by atoms with Gasteiger partial charge in [0.15, 0.2) is 0 Å². The first-order chi connectivity index (χ1) is 10.2. The van der Waals surface area contributed by atoms with Gasteiger partial charge in [0.25, 0.3) is 0 Å². The Morgan fingerprint density at radius 1 is 1.33 bits per heavy atom. The molecule has 1 aromatic carbocycles. The third-order valence-corrected chi connectivity index (χ3v) is 3.73. The highest BCUT2D eigenvalue weighted by Gasteiger charge is 2.24. The van der Waals surface area contributed by atoms with Crippen LogP contribution in [0.3, 0.4) is 0 Å². The van der Waals surface area contributed by atoms with Crippen LogP contribution in [0.5, 0.6) is 0 Å². The Hall–Kier alpha value is -1.88. The van der Waals surface area contributed by atoms with E-state index >= 15 is 0 Å². The summed E-state index contributed by atoms with van der Waals surface area (Å²) in [5.41, 5.74) is 1.04. The van der Waals surface area contributed by atoms with Crippen LogP contribution in [-0.2, 0) is 16.1 Å². The average Bonchev–Trinajstić information content (AvgIpc) is 2.54. The molecule has 2 atom stereocenters. The molecule has 2 rings (SSSR count). The summed E-state index contributed by atoms with van der Waals surface area (Å²) < 4.78 is 0. The molecule has 1 saturated heterocycles. The van der Waals surface area contributed by atoms with Crippen molar-refractivity contribution in [1.29, 1.82) is 0 Å². The van der Waals surface area contributed by atoms with Gasteiger partial charge < -0.3 is 16.0 Å². The molecule has 0 aromatic heterocycles. The molecule has 0 radical (unpaired) electrons. The monoisotopic (exact) mass is 289 g/mol. The van der Waals surface area contributed by atoms with Gasteiger partial charge in [0.05, 0.1) is 5.92 Å². The Bertz CT molecular complexity index is 470. The second-order valence-electron chi connectivity index (χ2n) is 5.48. The summed E-state index contributed by atoms with van der Waals surface area (Å²) in [7, 11) is 0. The van der Waals surface area contributed by atoms with E-state index in [9.17, 15) is 9.59 Å². The summed E-state index contributed by atoms with van der Waals surface area (Å²) in [6.45, 7) is 3.86. The van der Waals surface area contributed by atoms with Gasteiger partial charge in [0, 0.05) is 13.1 Å². The summed E-state index contributed by atoms with van der Waals surface area (Å²) >= 11 is 0. The van der Waals surface area contributed by atoms with Gasteiger partial charge in [-0.15, -0.1) is 0 Å². The largest absolute Gasteiger partial charge is 0.350 e. The van der Waals surface area contributed by atoms with Gasteiger partial charge in [-0.25, -0.2) is 0 Å². The minimum absolute atomic E-state index is 0.0249. The SMILES string of the molecule is CC(NC(=O)C1CCCNC1)C(=O)NCc1ccccc1. The van der Waals surface area contributed by atoms with Crippen molar-refractivity contribution in [3.63, 3.8) is 0 Å². The lowest BCUT2D eigenvalue weighted by atomic mass is 9.98. The lowest BCUT2D eigenvalue weighted by Crippen LogP contribution is -2.49. The first-order valence-corrected chi connectivity index (χ1v) is 7.49. The Morgan fingerprint density at radius 3 is 2.76 bits per heavy atom. The molecule has 5 heteroatoms. The molecule has 114 valence electrons. The van der Waals surface area contributed by atoms with Crippen LogP contribution >= 0.6 is 0 Å². The van der Waals surface area contributed by atoms with Gasteiger partial charge in [-0.3, -0.25) is 9.59 Å². The number of hydrogen-bond acceptors (Lipinski definition) is 3. The summed E-state index contributed by atoms with van der Waals surface area (Å²) in [4.78, 5) is 24.0. The number of carbonyl (C=O) groups excluding carboxylic acids is 2. The molecule has 0 saturated carbocycles. The average molecular weight is 289 g/mol. The van der Waals surface area contributed by atoms with Gasteiger partial charge in [-0.05, 0) is 31.9 Å². The molecule has 1 heterocycles. The van der Waals surface area contributed by atoms with Crippen molar-refractivity contribution in [2.45, 2.75) is 32.4 Å². The van der Waals surface area contributed by atoms with Gasteiger partial charge in [-0.2, -0.15) is 0 Å². The summed E-state index contributed by atoms with van der Waals surface area (Å²) in [6, 6.07) is 9.20. The van der Waals surface area contributed by atoms with E-state index in [2.05, 4.69) is 16.0 Å². The van der Waals surface area contributed by atoms with E-state index in [-0.39, 0.29) is 17.7 Å². The van der Waals surface area contributed by atoms with E-state index in [0.717, 1.165) is 24.9 Å². The van der Waals surface area contributed by atoms with Crippen LogP contribution in [0, 0.1) is 5.92 Å². The van der Waals surface area contributed by atoms with Crippen molar-refractivity contribution in [3.8, 4) is 0 Å². The summed E-state index contributed by atoms with van der Waals surface area (Å²) in [5, 5.41) is 8.84. The van der Waals surface area contributed by atoms with E-state index in [1.807, 2.05) is 30.3 Å². The number of carbonyl (C=O) groups is 2. The number of nitrogens with one attached hydrogen (secondary N) is 3. The molecule has 1 aliphatic heterocycles. The van der Waals surface area contributed by atoms with Crippen LogP contribution in [-0.4, -0.2) is 30.9 Å². The number of piperidine rings is 1. The number of hydrogen-bond donors (Lipinski definition) is 3. The van der Waals surface area contributed by atoms with Gasteiger partial charge >= 0.3 is 0 Å². The molecular formula is C16H23N3O2. The Kier molecular flexibility index (Phi) is 5.75. The number of rotatable bonds is 5. The molecule has 0 bridgehead atoms. The Labute approximate surface area is 125 Å². The fraction of sp³-hybridized carbons (Fsp3) is 0.500. The van der Waals surface area contributed by atoms with Crippen LogP contribution in [0.25, 0.3) is 0 Å². The van der Waals surface area contributed by atoms with Gasteiger partial charge in [0.1, 0.15) is 6.04 Å². The van der Waals surface area contributed by atoms with Crippen LogP contribution in [0.2, 0.25) is 0 Å². The van der Waals surface area contributed by atoms with Crippen molar-refractivity contribution in [2.24, 2.45) is 5.92 Å². The molecular weight excluding hydrogens is 266 g/mol. The van der Waals surface area contributed by atoms with E-state index in [1.165, 1.54) is 0 Å². The molecule has 2 amide bonds. The molecule has 1 aromatic rings. The summed E-state index contributed by atoms with van der Waals surface area (Å²) in [5.74, 6) is -0.219. The zero-order chi connectivity index (χ0) is 15.1. The molecule has 1 aliphatic rings. The third-order valence-electron chi connectivity index (χ3n) is 3.73. The standard InChI is InChI=1S/C16H23N3O2/c1-12(19-16(21)14-8-5-9-17-11-14)15(20)18-10-13-6-3-2-4-7-13/h2-4,6-7,12,14,17H,5,8-11H2,1H3,(H,18,20)(H,19,21). The highest BCUT2D eigenvalue weighted by molar-refractivity contribution is 5.88. The van der Waals surface area contributed by atoms with E-state index in [4.69, 9.17) is 0 Å². The van der Waals surface area contributed by atoms with Crippen LogP contribution in [0.15, 0.2) is 30.3 Å². The molecule has 0 aliphatic carbocycles. The van der Waals surface area contributed by atoms with E-state index in [1.54, 1.807) is 6.92 Å². The van der Waals surface area contributed by atoms with Crippen molar-refractivity contribution in [3.05, 3.63) is 35.9 Å². The van der Waals surface area contributed by atoms with Crippen molar-refractivity contribution in [1.82, 2.24) is 16.0 Å². The van der Waals surface area contributed by atoms with Crippen molar-refractivity contribution >= 4 is 11.8 Å². The quantitative estimate of drug-likeness (QED) is 0.751. The first-order valence-electron chi connectivity index (χ1n) is 7.49. The van der Waals surface area contributed by atoms with E-state index in [0.29, 0.717) is 13.1 Å². The first kappa shape index (κ1) is 15.5. The van der Waals surface area contributed by atoms with Gasteiger partial charge in [0.2, 0.25) is 11.8 Å². The highest BCUT2D eigenvalue weighted by atomic mass is 16.2. The zero-order valence-corrected chi connectivity index (χ0v) is 12.4. The number of benzene rings is 1. The Morgan fingerprint density at radius 2 is 2.10 bits per heavy atom. The van der Waals surface area contributed by atoms with Gasteiger partial charge in [-0.1, -0.05) is 30.3 Å². The topological polar surface area (TPSA) is 70.2 Å². The fourth-order valence-corrected chi connectivity index (χ4v) is 2.41. The minimum Gasteiger partial charge on any atom is -0.350 e. The predicted molar refractivity (Wildman–Crippen MR) is 81.5 cm³/mol. The smallest absolute Gasteiger partial charge is 0.242 e. The lowest BCUT2D eigenvalue weighted by Gasteiger charge is -2.23. The second-order valence-corrected chi connectivity index (χ2v) is 5.48. The molecule has 0 spiro atoms. The second kappa shape index (κ2) is 7.78. The molecule has 3 N–H and O–H groups in total. The fourth-order valence-electron chi connectivity index (χ4n) is 2.41. The van der Waals surface area contributed by atoms with Crippen LogP contribution in [0.4, 0.5) is 0 Å². The normalized spacial score (nSPS) is 19.6. The van der Waals surface area contributed by atoms with Crippen LogP contribution in [0.1, 0.15) is 25.3 Å². The summed E-state index contributed by atoms with van der Waals surface area (Å²) in [6.07, 6.45) is 1.89. The predicted octanol–water partition coefficient (Wildman–Crippen LogP) is 0.807. The molecule has 1 fully saturated rings. The molecule has 21 heavy (non-hydrogen) atoms.